The van der Waals surface area contributed by atoms with Crippen LogP contribution in [-0.2, 0) is 11.3 Å². The molecule has 0 aliphatic heterocycles. The van der Waals surface area contributed by atoms with Crippen LogP contribution in [0.1, 0.15) is 22.3 Å². The zero-order valence-corrected chi connectivity index (χ0v) is 17.4. The van der Waals surface area contributed by atoms with Crippen LogP contribution in [0.25, 0.3) is 16.8 Å². The number of aromatic nitrogens is 4. The van der Waals surface area contributed by atoms with E-state index in [1.807, 2.05) is 64.1 Å². The van der Waals surface area contributed by atoms with Crippen LogP contribution in [0.3, 0.4) is 0 Å². The minimum Gasteiger partial charge on any atom is -0.324 e. The molecule has 0 aliphatic carbocycles. The number of rotatable bonds is 4. The second-order valence-corrected chi connectivity index (χ2v) is 7.64. The van der Waals surface area contributed by atoms with Gasteiger partial charge in [0.15, 0.2) is 0 Å². The summed E-state index contributed by atoms with van der Waals surface area (Å²) in [7, 11) is 0. The Labute approximate surface area is 174 Å². The summed E-state index contributed by atoms with van der Waals surface area (Å²) in [6.07, 6.45) is 1.45. The molecular formula is C23H23N5O2. The highest BCUT2D eigenvalue weighted by molar-refractivity contribution is 5.91. The van der Waals surface area contributed by atoms with Crippen LogP contribution in [0, 0.1) is 27.7 Å². The molecule has 1 N–H and O–H groups in total. The summed E-state index contributed by atoms with van der Waals surface area (Å²) in [4.78, 5) is 25.4. The van der Waals surface area contributed by atoms with Gasteiger partial charge in [0.05, 0.1) is 5.69 Å². The standard InChI is InChI=1S/C23H23N5O2/c1-14-6-8-19(17(4)9-14)25-22(29)12-27-23(30)21-11-20(26-28(21)13-24-27)18-10-15(2)5-7-16(18)3/h5-11,13H,12H2,1-4H3,(H,25,29). The number of carbonyl (C=O) groups is 1. The Morgan fingerprint density at radius 3 is 2.47 bits per heavy atom. The molecule has 7 heteroatoms. The van der Waals surface area contributed by atoms with E-state index in [0.29, 0.717) is 11.2 Å². The Balaban J connectivity index is 1.62. The number of carbonyl (C=O) groups excluding carboxylic acids is 1. The van der Waals surface area contributed by atoms with Crippen LogP contribution >= 0.6 is 0 Å². The Bertz CT molecular complexity index is 1330. The molecule has 0 spiro atoms. The SMILES string of the molecule is Cc1ccc(NC(=O)Cn2ncn3nc(-c4cc(C)ccc4C)cc3c2=O)c(C)c1. The Hall–Kier alpha value is -3.74. The van der Waals surface area contributed by atoms with Gasteiger partial charge in [-0.2, -0.15) is 10.2 Å². The van der Waals surface area contributed by atoms with E-state index in [1.54, 1.807) is 6.07 Å². The van der Waals surface area contributed by atoms with Crippen molar-refractivity contribution in [3.05, 3.63) is 81.4 Å². The maximum atomic E-state index is 12.9. The first-order valence-corrected chi connectivity index (χ1v) is 9.72. The number of fused-ring (bicyclic) bond motifs is 1. The third-order valence-electron chi connectivity index (χ3n) is 5.11. The summed E-state index contributed by atoms with van der Waals surface area (Å²) in [6, 6.07) is 13.6. The van der Waals surface area contributed by atoms with E-state index < -0.39 is 0 Å². The van der Waals surface area contributed by atoms with E-state index in [4.69, 9.17) is 0 Å². The average Bonchev–Trinajstić information content (AvgIpc) is 3.13. The minimum absolute atomic E-state index is 0.174. The lowest BCUT2D eigenvalue weighted by atomic mass is 10.0. The summed E-state index contributed by atoms with van der Waals surface area (Å²) < 4.78 is 2.61. The van der Waals surface area contributed by atoms with Gasteiger partial charge in [-0.15, -0.1) is 0 Å². The first-order chi connectivity index (χ1) is 14.3. The molecule has 152 valence electrons. The monoisotopic (exact) mass is 401 g/mol. The number of nitrogens with zero attached hydrogens (tertiary/aromatic N) is 4. The van der Waals surface area contributed by atoms with Gasteiger partial charge in [-0.3, -0.25) is 9.59 Å². The Kier molecular flexibility index (Phi) is 4.95. The Morgan fingerprint density at radius 2 is 1.70 bits per heavy atom. The van der Waals surface area contributed by atoms with E-state index in [0.717, 1.165) is 38.2 Å². The number of anilines is 1. The van der Waals surface area contributed by atoms with Crippen molar-refractivity contribution in [3.63, 3.8) is 0 Å². The van der Waals surface area contributed by atoms with Crippen LogP contribution in [0.5, 0.6) is 0 Å². The van der Waals surface area contributed by atoms with Crippen molar-refractivity contribution in [2.75, 3.05) is 5.32 Å². The van der Waals surface area contributed by atoms with E-state index in [9.17, 15) is 9.59 Å². The molecule has 7 nitrogen and oxygen atoms in total. The smallest absolute Gasteiger partial charge is 0.293 e. The van der Waals surface area contributed by atoms with Gasteiger partial charge < -0.3 is 5.32 Å². The van der Waals surface area contributed by atoms with Crippen molar-refractivity contribution < 1.29 is 4.79 Å². The fraction of sp³-hybridized carbons (Fsp3) is 0.217. The highest BCUT2D eigenvalue weighted by Crippen LogP contribution is 2.23. The molecule has 4 rings (SSSR count). The number of hydrogen-bond donors (Lipinski definition) is 1. The first kappa shape index (κ1) is 19.6. The number of hydrogen-bond acceptors (Lipinski definition) is 4. The van der Waals surface area contributed by atoms with Crippen molar-refractivity contribution in [3.8, 4) is 11.3 Å². The molecule has 0 fully saturated rings. The number of amides is 1. The van der Waals surface area contributed by atoms with Gasteiger partial charge in [0, 0.05) is 11.3 Å². The van der Waals surface area contributed by atoms with Crippen LogP contribution in [0.2, 0.25) is 0 Å². The third kappa shape index (κ3) is 3.74. The van der Waals surface area contributed by atoms with E-state index in [2.05, 4.69) is 15.5 Å². The molecule has 0 saturated carbocycles. The predicted octanol–water partition coefficient (Wildman–Crippen LogP) is 3.43. The molecule has 0 bridgehead atoms. The van der Waals surface area contributed by atoms with Gasteiger partial charge in [-0.1, -0.05) is 35.4 Å². The molecule has 2 aromatic heterocycles. The van der Waals surface area contributed by atoms with Gasteiger partial charge >= 0.3 is 0 Å². The van der Waals surface area contributed by atoms with Crippen molar-refractivity contribution in [2.45, 2.75) is 34.2 Å². The van der Waals surface area contributed by atoms with E-state index >= 15 is 0 Å². The lowest BCUT2D eigenvalue weighted by Crippen LogP contribution is -2.30. The third-order valence-corrected chi connectivity index (χ3v) is 5.11. The lowest BCUT2D eigenvalue weighted by Gasteiger charge is -2.09. The van der Waals surface area contributed by atoms with Crippen LogP contribution in [0.15, 0.2) is 53.6 Å². The summed E-state index contributed by atoms with van der Waals surface area (Å²) >= 11 is 0. The number of nitrogens with one attached hydrogen (secondary N) is 1. The van der Waals surface area contributed by atoms with Gasteiger partial charge in [0.2, 0.25) is 5.91 Å². The summed E-state index contributed by atoms with van der Waals surface area (Å²) in [6.45, 7) is 7.77. The van der Waals surface area contributed by atoms with E-state index in [-0.39, 0.29) is 18.0 Å². The molecule has 30 heavy (non-hydrogen) atoms. The highest BCUT2D eigenvalue weighted by Gasteiger charge is 2.14. The largest absolute Gasteiger partial charge is 0.324 e. The molecule has 1 amide bonds. The van der Waals surface area contributed by atoms with Gasteiger partial charge in [-0.05, 0) is 57.0 Å². The maximum absolute atomic E-state index is 12.9. The van der Waals surface area contributed by atoms with Crippen LogP contribution in [-0.4, -0.2) is 25.3 Å². The molecule has 0 unspecified atom stereocenters. The zero-order chi connectivity index (χ0) is 21.4. The molecule has 4 aromatic rings. The van der Waals surface area contributed by atoms with Crippen LogP contribution < -0.4 is 10.9 Å². The molecule has 2 aromatic carbocycles. The van der Waals surface area contributed by atoms with Crippen molar-refractivity contribution >= 4 is 17.1 Å². The molecule has 0 atom stereocenters. The fourth-order valence-electron chi connectivity index (χ4n) is 3.47. The van der Waals surface area contributed by atoms with Crippen molar-refractivity contribution in [2.24, 2.45) is 0 Å². The predicted molar refractivity (Wildman–Crippen MR) is 117 cm³/mol. The number of aryl methyl sites for hydroxylation is 4. The van der Waals surface area contributed by atoms with Gasteiger partial charge in [0.1, 0.15) is 18.4 Å². The highest BCUT2D eigenvalue weighted by atomic mass is 16.2. The van der Waals surface area contributed by atoms with E-state index in [1.165, 1.54) is 10.8 Å². The topological polar surface area (TPSA) is 81.3 Å². The quantitative estimate of drug-likeness (QED) is 0.568. The summed E-state index contributed by atoms with van der Waals surface area (Å²) in [5.41, 5.74) is 6.68. The first-order valence-electron chi connectivity index (χ1n) is 9.72. The normalized spacial score (nSPS) is 11.1. The average molecular weight is 401 g/mol. The Morgan fingerprint density at radius 1 is 0.967 bits per heavy atom. The summed E-state index contributed by atoms with van der Waals surface area (Å²) in [5, 5.41) is 11.5. The van der Waals surface area contributed by atoms with Crippen molar-refractivity contribution in [1.29, 1.82) is 0 Å². The molecular weight excluding hydrogens is 378 g/mol. The minimum atomic E-state index is -0.364. The molecule has 0 aliphatic rings. The summed E-state index contributed by atoms with van der Waals surface area (Å²) in [5.74, 6) is -0.310. The number of benzene rings is 2. The molecule has 0 radical (unpaired) electrons. The second kappa shape index (κ2) is 7.59. The molecule has 0 saturated heterocycles. The maximum Gasteiger partial charge on any atom is 0.293 e. The lowest BCUT2D eigenvalue weighted by molar-refractivity contribution is -0.117. The zero-order valence-electron chi connectivity index (χ0n) is 17.4. The fourth-order valence-corrected chi connectivity index (χ4v) is 3.47. The van der Waals surface area contributed by atoms with Gasteiger partial charge in [-0.25, -0.2) is 9.20 Å². The molecule has 2 heterocycles. The van der Waals surface area contributed by atoms with Crippen molar-refractivity contribution in [1.82, 2.24) is 19.4 Å². The van der Waals surface area contributed by atoms with Gasteiger partial charge in [0.25, 0.3) is 5.56 Å². The second-order valence-electron chi connectivity index (χ2n) is 7.64. The van der Waals surface area contributed by atoms with Crippen LogP contribution in [0.4, 0.5) is 5.69 Å².